The number of rotatable bonds is 24. The molecule has 0 saturated carbocycles. The lowest BCUT2D eigenvalue weighted by Gasteiger charge is -2.35. The normalized spacial score (nSPS) is 17.9. The lowest BCUT2D eigenvalue weighted by Crippen LogP contribution is -2.49. The summed E-state index contributed by atoms with van der Waals surface area (Å²) in [6.07, 6.45) is 1.72. The van der Waals surface area contributed by atoms with Crippen molar-refractivity contribution in [2.24, 2.45) is 41.4 Å². The highest BCUT2D eigenvalue weighted by Crippen LogP contribution is 2.32. The van der Waals surface area contributed by atoms with Crippen molar-refractivity contribution in [3.05, 3.63) is 65.7 Å². The van der Waals surface area contributed by atoms with Crippen molar-refractivity contribution < 1.29 is 43.3 Å². The lowest BCUT2D eigenvalue weighted by atomic mass is 9.85. The molecule has 1 unspecified atom stereocenters. The highest BCUT2D eigenvalue weighted by molar-refractivity contribution is 5.91. The summed E-state index contributed by atoms with van der Waals surface area (Å²) in [6, 6.07) is 16.4. The zero-order chi connectivity index (χ0) is 51.6. The van der Waals surface area contributed by atoms with E-state index in [1.54, 1.807) is 35.4 Å². The van der Waals surface area contributed by atoms with Crippen LogP contribution in [0.15, 0.2) is 54.6 Å². The Kier molecular flexibility index (Phi) is 24.9. The number of amides is 3. The van der Waals surface area contributed by atoms with Crippen LogP contribution in [0.5, 0.6) is 0 Å². The van der Waals surface area contributed by atoms with Gasteiger partial charge in [0, 0.05) is 77.8 Å². The number of carbonyl (C=O) groups excluding carboxylic acids is 5. The predicted molar refractivity (Wildman–Crippen MR) is 272 cm³/mol. The van der Waals surface area contributed by atoms with Crippen LogP contribution in [0.3, 0.4) is 0 Å². The third-order valence-corrected chi connectivity index (χ3v) is 13.8. The zero-order valence-electron chi connectivity index (χ0n) is 44.8. The second-order valence-corrected chi connectivity index (χ2v) is 21.2. The Balaban J connectivity index is 0.000000468. The summed E-state index contributed by atoms with van der Waals surface area (Å²) >= 11 is 0. The van der Waals surface area contributed by atoms with Gasteiger partial charge in [0.25, 0.3) is 0 Å². The number of likely N-dealkylation sites (tertiary alicyclic amines) is 1. The van der Waals surface area contributed by atoms with E-state index in [0.29, 0.717) is 18.9 Å². The molecule has 13 heteroatoms. The number of benzene rings is 2. The fourth-order valence-corrected chi connectivity index (χ4v) is 9.22. The monoisotopic (exact) mass is 951 g/mol. The largest absolute Gasteiger partial charge is 0.445 e. The molecule has 1 aliphatic heterocycles. The quantitative estimate of drug-likeness (QED) is 0.104. The standard InChI is InChI=1S/C29H47NO5.C26H43N3O4/c1-8-19(2)21(4)26(34-6)18-27(32)30-16-12-15-24(30)29(35-7)22(5)25(31)17-20(3)28(33)23-13-10-9-11-14-23;1-17(2)21(24(31)28(8)9)15-22(30)23(18(3)4)29(10)25(32)33-16-19-11-13-20(14-12-19)27-26(5,6)7/h9-11,13-14,19-22,24,26,28-29,33H,8,12,15-18H2,1-7H3;11-14,17-18,21,23,27H,15-16H2,1-10H3/t19-,20-,21-,22-,24-,26?,28+,29+;21-,23-/m00/s1. The summed E-state index contributed by atoms with van der Waals surface area (Å²) in [5.41, 5.74) is 2.63. The number of ketones is 2. The smallest absolute Gasteiger partial charge is 0.410 e. The van der Waals surface area contributed by atoms with Crippen LogP contribution in [0.2, 0.25) is 0 Å². The van der Waals surface area contributed by atoms with Gasteiger partial charge < -0.3 is 39.3 Å². The Morgan fingerprint density at radius 2 is 1.40 bits per heavy atom. The molecule has 10 atom stereocenters. The van der Waals surface area contributed by atoms with Crippen molar-refractivity contribution in [2.75, 3.05) is 47.2 Å². The number of anilines is 1. The first-order valence-corrected chi connectivity index (χ1v) is 24.9. The molecule has 2 aromatic rings. The fraction of sp³-hybridized carbons (Fsp3) is 0.691. The number of Topliss-reactive ketones (excluding diaryl/α,β-unsaturated/α-hetero) is 2. The van der Waals surface area contributed by atoms with Crippen molar-refractivity contribution in [1.82, 2.24) is 14.7 Å². The second kappa shape index (κ2) is 28.4. The Bertz CT molecular complexity index is 1850. The van der Waals surface area contributed by atoms with Gasteiger partial charge in [-0.2, -0.15) is 0 Å². The van der Waals surface area contributed by atoms with E-state index in [1.807, 2.05) is 101 Å². The first-order valence-electron chi connectivity index (χ1n) is 24.9. The summed E-state index contributed by atoms with van der Waals surface area (Å²) in [7, 11) is 8.27. The average molecular weight is 951 g/mol. The van der Waals surface area contributed by atoms with Gasteiger partial charge in [0.05, 0.1) is 36.8 Å². The van der Waals surface area contributed by atoms with Crippen LogP contribution in [0.25, 0.3) is 0 Å². The molecule has 3 rings (SSSR count). The highest BCUT2D eigenvalue weighted by Gasteiger charge is 2.41. The molecule has 0 bridgehead atoms. The van der Waals surface area contributed by atoms with E-state index in [1.165, 1.54) is 9.80 Å². The first kappa shape index (κ1) is 59.8. The number of carbonyl (C=O) groups is 5. The molecular weight excluding hydrogens is 861 g/mol. The van der Waals surface area contributed by atoms with E-state index < -0.39 is 24.2 Å². The maximum atomic E-state index is 13.3. The van der Waals surface area contributed by atoms with Gasteiger partial charge in [-0.05, 0) is 86.5 Å². The van der Waals surface area contributed by atoms with Crippen molar-refractivity contribution in [1.29, 1.82) is 0 Å². The van der Waals surface area contributed by atoms with E-state index in [4.69, 9.17) is 14.2 Å². The molecule has 68 heavy (non-hydrogen) atoms. The molecule has 1 aliphatic rings. The van der Waals surface area contributed by atoms with E-state index in [0.717, 1.165) is 36.1 Å². The highest BCUT2D eigenvalue weighted by atomic mass is 16.6. The molecule has 2 aromatic carbocycles. The van der Waals surface area contributed by atoms with E-state index in [9.17, 15) is 29.1 Å². The van der Waals surface area contributed by atoms with E-state index >= 15 is 0 Å². The van der Waals surface area contributed by atoms with Crippen LogP contribution in [-0.4, -0.2) is 121 Å². The van der Waals surface area contributed by atoms with Crippen molar-refractivity contribution >= 4 is 35.2 Å². The first-order chi connectivity index (χ1) is 31.8. The Morgan fingerprint density at radius 3 is 1.90 bits per heavy atom. The van der Waals surface area contributed by atoms with Gasteiger partial charge in [0.2, 0.25) is 11.8 Å². The number of ether oxygens (including phenoxy) is 3. The van der Waals surface area contributed by atoms with Gasteiger partial charge in [0.1, 0.15) is 12.4 Å². The molecule has 1 saturated heterocycles. The SMILES string of the molecule is CC(C)[C@H](CC(=O)[C@H](C(C)C)N(C)C(=O)OCc1ccc(NC(C)(C)C)cc1)C(=O)N(C)C.CC[C@H](C)[C@H](C)C(CC(=O)N1CCC[C@H]1[C@H](OC)[C@@H](C)C(=O)C[C@H](C)[C@@H](O)c1ccccc1)OC. The number of nitrogens with one attached hydrogen (secondary N) is 1. The van der Waals surface area contributed by atoms with Gasteiger partial charge in [-0.1, -0.05) is 111 Å². The Hall–Kier alpha value is -4.33. The molecule has 2 N–H and O–H groups in total. The van der Waals surface area contributed by atoms with Crippen LogP contribution in [0.4, 0.5) is 10.5 Å². The van der Waals surface area contributed by atoms with Crippen LogP contribution in [0, 0.1) is 41.4 Å². The van der Waals surface area contributed by atoms with Crippen LogP contribution < -0.4 is 5.32 Å². The summed E-state index contributed by atoms with van der Waals surface area (Å²) in [5, 5.41) is 14.1. The Morgan fingerprint density at radius 1 is 0.794 bits per heavy atom. The van der Waals surface area contributed by atoms with E-state index in [2.05, 4.69) is 46.9 Å². The van der Waals surface area contributed by atoms with Gasteiger partial charge in [0.15, 0.2) is 5.78 Å². The van der Waals surface area contributed by atoms with Gasteiger partial charge in [-0.3, -0.25) is 19.2 Å². The zero-order valence-corrected chi connectivity index (χ0v) is 44.8. The maximum Gasteiger partial charge on any atom is 0.410 e. The summed E-state index contributed by atoms with van der Waals surface area (Å²) in [5.74, 6) is -0.417. The Labute approximate surface area is 410 Å². The van der Waals surface area contributed by atoms with Crippen molar-refractivity contribution in [3.63, 3.8) is 0 Å². The molecule has 384 valence electrons. The fourth-order valence-electron chi connectivity index (χ4n) is 9.22. The summed E-state index contributed by atoms with van der Waals surface area (Å²) in [4.78, 5) is 69.8. The van der Waals surface area contributed by atoms with Gasteiger partial charge in [-0.15, -0.1) is 0 Å². The molecule has 1 heterocycles. The van der Waals surface area contributed by atoms with Crippen molar-refractivity contribution in [3.8, 4) is 0 Å². The number of methoxy groups -OCH3 is 2. The molecular formula is C55H90N4O9. The summed E-state index contributed by atoms with van der Waals surface area (Å²) in [6.45, 7) is 25.0. The average Bonchev–Trinajstić information content (AvgIpc) is 3.78. The molecule has 0 radical (unpaired) electrons. The van der Waals surface area contributed by atoms with Gasteiger partial charge in [-0.25, -0.2) is 4.79 Å². The van der Waals surface area contributed by atoms with Crippen LogP contribution in [-0.2, 0) is 40.0 Å². The molecule has 0 aliphatic carbocycles. The number of aliphatic hydroxyl groups is 1. The van der Waals surface area contributed by atoms with Crippen LogP contribution in [0.1, 0.15) is 139 Å². The summed E-state index contributed by atoms with van der Waals surface area (Å²) < 4.78 is 17.1. The molecule has 13 nitrogen and oxygen atoms in total. The minimum Gasteiger partial charge on any atom is -0.445 e. The number of aliphatic hydroxyl groups excluding tert-OH is 1. The van der Waals surface area contributed by atoms with Gasteiger partial charge >= 0.3 is 6.09 Å². The topological polar surface area (TPSA) is 155 Å². The predicted octanol–water partition coefficient (Wildman–Crippen LogP) is 9.85. The third-order valence-electron chi connectivity index (χ3n) is 13.8. The maximum absolute atomic E-state index is 13.3. The lowest BCUT2D eigenvalue weighted by molar-refractivity contribution is -0.142. The third kappa shape index (κ3) is 18.2. The number of hydrogen-bond donors (Lipinski definition) is 2. The van der Waals surface area contributed by atoms with E-state index in [-0.39, 0.29) is 96.2 Å². The molecule has 1 fully saturated rings. The second-order valence-electron chi connectivity index (χ2n) is 21.2. The number of nitrogens with zero attached hydrogens (tertiary/aromatic N) is 3. The number of likely N-dealkylation sites (N-methyl/N-ethyl adjacent to an activating group) is 1. The molecule has 0 aromatic heterocycles. The van der Waals surface area contributed by atoms with Crippen LogP contribution >= 0.6 is 0 Å². The minimum absolute atomic E-state index is 0.0182. The number of hydrogen-bond acceptors (Lipinski definition) is 10. The van der Waals surface area contributed by atoms with Crippen molar-refractivity contribution in [2.45, 2.75) is 164 Å². The minimum atomic E-state index is -0.698. The molecule has 0 spiro atoms. The molecule has 3 amide bonds.